The van der Waals surface area contributed by atoms with Crippen LogP contribution in [0.2, 0.25) is 0 Å². The third-order valence-electron chi connectivity index (χ3n) is 7.89. The first-order valence-electron chi connectivity index (χ1n) is 14.8. The fraction of sp³-hybridized carbons (Fsp3) is 0.294. The van der Waals surface area contributed by atoms with Gasteiger partial charge in [-0.25, -0.2) is 4.79 Å². The molecule has 6 rings (SSSR count). The highest BCUT2D eigenvalue weighted by atomic mass is 32.1. The van der Waals surface area contributed by atoms with E-state index >= 15 is 0 Å². The number of hydrogen-bond acceptors (Lipinski definition) is 7. The van der Waals surface area contributed by atoms with Crippen molar-refractivity contribution in [1.82, 2.24) is 14.8 Å². The average molecular weight is 597 g/mol. The highest BCUT2D eigenvalue weighted by Crippen LogP contribution is 2.31. The Morgan fingerprint density at radius 2 is 1.72 bits per heavy atom. The summed E-state index contributed by atoms with van der Waals surface area (Å²) in [5.74, 6) is 0.691. The summed E-state index contributed by atoms with van der Waals surface area (Å²) in [5.41, 5.74) is 2.74. The molecule has 0 saturated carbocycles. The number of benzene rings is 3. The highest BCUT2D eigenvalue weighted by molar-refractivity contribution is 7.17. The molecule has 0 unspecified atom stereocenters. The van der Waals surface area contributed by atoms with Crippen LogP contribution in [0, 0.1) is 0 Å². The zero-order valence-electron chi connectivity index (χ0n) is 24.1. The van der Waals surface area contributed by atoms with Gasteiger partial charge in [-0.1, -0.05) is 36.4 Å². The van der Waals surface area contributed by atoms with Crippen molar-refractivity contribution < 1.29 is 14.3 Å². The van der Waals surface area contributed by atoms with Crippen LogP contribution in [0.1, 0.15) is 18.4 Å². The number of piperazine rings is 1. The first-order chi connectivity index (χ1) is 21.1. The highest BCUT2D eigenvalue weighted by Gasteiger charge is 2.18. The number of amides is 1. The first kappa shape index (κ1) is 28.8. The summed E-state index contributed by atoms with van der Waals surface area (Å²) >= 11 is 1.80. The largest absolute Gasteiger partial charge is 0.494 e. The van der Waals surface area contributed by atoms with Gasteiger partial charge < -0.3 is 19.7 Å². The lowest BCUT2D eigenvalue weighted by molar-refractivity contribution is 0.114. The van der Waals surface area contributed by atoms with E-state index in [1.165, 1.54) is 26.4 Å². The van der Waals surface area contributed by atoms with Crippen LogP contribution < -0.4 is 20.5 Å². The van der Waals surface area contributed by atoms with Gasteiger partial charge in [-0.3, -0.25) is 14.3 Å². The SMILES string of the molecule is O=C(NCc1ccccc1)OCn1c(=O)ccc2ccc(OCCCCN3CCN(c4cccc5sccc45)CC3)cc21. The molecule has 43 heavy (non-hydrogen) atoms. The molecule has 2 aromatic heterocycles. The number of anilines is 1. The molecule has 1 amide bonds. The number of thiophene rings is 1. The van der Waals surface area contributed by atoms with Gasteiger partial charge in [-0.05, 0) is 72.1 Å². The van der Waals surface area contributed by atoms with Gasteiger partial charge in [0.25, 0.3) is 5.56 Å². The van der Waals surface area contributed by atoms with Crippen molar-refractivity contribution in [1.29, 1.82) is 0 Å². The maximum Gasteiger partial charge on any atom is 0.409 e. The summed E-state index contributed by atoms with van der Waals surface area (Å²) in [6.07, 6.45) is 1.42. The lowest BCUT2D eigenvalue weighted by atomic mass is 10.2. The summed E-state index contributed by atoms with van der Waals surface area (Å²) in [6.45, 7) is 6.04. The zero-order valence-corrected chi connectivity index (χ0v) is 24.9. The Bertz CT molecular complexity index is 1730. The summed E-state index contributed by atoms with van der Waals surface area (Å²) in [4.78, 5) is 29.9. The molecule has 0 spiro atoms. The molecule has 0 atom stereocenters. The normalized spacial score (nSPS) is 13.8. The number of nitrogens with one attached hydrogen (secondary N) is 1. The van der Waals surface area contributed by atoms with E-state index in [-0.39, 0.29) is 12.3 Å². The van der Waals surface area contributed by atoms with E-state index in [9.17, 15) is 9.59 Å². The van der Waals surface area contributed by atoms with Crippen molar-refractivity contribution in [3.63, 3.8) is 0 Å². The molecule has 0 radical (unpaired) electrons. The van der Waals surface area contributed by atoms with Gasteiger partial charge in [0.2, 0.25) is 0 Å². The maximum absolute atomic E-state index is 12.6. The van der Waals surface area contributed by atoms with Gasteiger partial charge in [0, 0.05) is 60.6 Å². The molecule has 3 heterocycles. The van der Waals surface area contributed by atoms with Crippen LogP contribution >= 0.6 is 11.3 Å². The smallest absolute Gasteiger partial charge is 0.409 e. The van der Waals surface area contributed by atoms with Gasteiger partial charge in [0.1, 0.15) is 5.75 Å². The van der Waals surface area contributed by atoms with E-state index < -0.39 is 6.09 Å². The van der Waals surface area contributed by atoms with Crippen molar-refractivity contribution in [2.24, 2.45) is 0 Å². The number of aromatic nitrogens is 1. The van der Waals surface area contributed by atoms with Crippen LogP contribution in [0.3, 0.4) is 0 Å². The Hall–Kier alpha value is -4.34. The number of carbonyl (C=O) groups excluding carboxylic acids is 1. The van der Waals surface area contributed by atoms with Crippen molar-refractivity contribution >= 4 is 44.1 Å². The maximum atomic E-state index is 12.6. The molecule has 1 aliphatic heterocycles. The van der Waals surface area contributed by atoms with Crippen LogP contribution in [0.15, 0.2) is 95.1 Å². The number of alkyl carbamates (subject to hydrolysis) is 1. The van der Waals surface area contributed by atoms with Gasteiger partial charge in [0.05, 0.1) is 12.1 Å². The van der Waals surface area contributed by atoms with E-state index in [1.807, 2.05) is 48.5 Å². The second-order valence-electron chi connectivity index (χ2n) is 10.7. The second kappa shape index (κ2) is 13.8. The summed E-state index contributed by atoms with van der Waals surface area (Å²) < 4.78 is 14.2. The number of unbranched alkanes of at least 4 members (excludes halogenated alkanes) is 1. The third kappa shape index (κ3) is 7.18. The summed E-state index contributed by atoms with van der Waals surface area (Å²) in [7, 11) is 0. The van der Waals surface area contributed by atoms with Gasteiger partial charge >= 0.3 is 6.09 Å². The van der Waals surface area contributed by atoms with Crippen molar-refractivity contribution in [3.8, 4) is 5.75 Å². The van der Waals surface area contributed by atoms with Crippen LogP contribution in [0.25, 0.3) is 21.0 Å². The van der Waals surface area contributed by atoms with Crippen molar-refractivity contribution in [2.45, 2.75) is 26.1 Å². The average Bonchev–Trinajstić information content (AvgIpc) is 3.53. The number of rotatable bonds is 11. The Morgan fingerprint density at radius 1 is 0.884 bits per heavy atom. The summed E-state index contributed by atoms with van der Waals surface area (Å²) in [5, 5.41) is 7.12. The molecular weight excluding hydrogens is 560 g/mol. The van der Waals surface area contributed by atoms with Gasteiger partial charge in [0.15, 0.2) is 6.73 Å². The minimum Gasteiger partial charge on any atom is -0.494 e. The summed E-state index contributed by atoms with van der Waals surface area (Å²) in [6, 6.07) is 27.4. The van der Waals surface area contributed by atoms with Crippen molar-refractivity contribution in [3.05, 3.63) is 106 Å². The first-order valence-corrected chi connectivity index (χ1v) is 15.7. The topological polar surface area (TPSA) is 76.0 Å². The number of nitrogens with zero attached hydrogens (tertiary/aromatic N) is 3. The molecule has 8 nitrogen and oxygen atoms in total. The lowest BCUT2D eigenvalue weighted by Crippen LogP contribution is -2.46. The van der Waals surface area contributed by atoms with Crippen LogP contribution in [-0.4, -0.2) is 54.9 Å². The monoisotopic (exact) mass is 596 g/mol. The van der Waals surface area contributed by atoms with E-state index in [2.05, 4.69) is 44.8 Å². The Morgan fingerprint density at radius 3 is 2.58 bits per heavy atom. The third-order valence-corrected chi connectivity index (χ3v) is 8.77. The zero-order chi connectivity index (χ0) is 29.4. The molecule has 3 aromatic carbocycles. The Kier molecular flexibility index (Phi) is 9.20. The molecular formula is C34H36N4O4S. The standard InChI is InChI=1S/C34H36N4O4S/c39-33-14-12-27-11-13-28(23-31(27)38(33)25-42-34(40)35-24-26-7-2-1-3-8-26)41-21-5-4-16-36-17-19-37(20-18-36)30-9-6-10-32-29(30)15-22-43-32/h1-3,6-15,22-23H,4-5,16-21,24-25H2,(H,35,40). The van der Waals surface area contributed by atoms with Crippen LogP contribution in [0.4, 0.5) is 10.5 Å². The molecule has 1 saturated heterocycles. The van der Waals surface area contributed by atoms with Gasteiger partial charge in [-0.15, -0.1) is 11.3 Å². The molecule has 9 heteroatoms. The van der Waals surface area contributed by atoms with E-state index in [1.54, 1.807) is 17.4 Å². The minimum atomic E-state index is -0.582. The number of hydrogen-bond donors (Lipinski definition) is 1. The second-order valence-corrected chi connectivity index (χ2v) is 11.7. The Balaban J connectivity index is 0.955. The Labute approximate surface area is 255 Å². The predicted molar refractivity (Wildman–Crippen MR) is 173 cm³/mol. The molecule has 222 valence electrons. The van der Waals surface area contributed by atoms with Crippen molar-refractivity contribution in [2.75, 3.05) is 44.2 Å². The molecule has 1 fully saturated rings. The quantitative estimate of drug-likeness (QED) is 0.186. The predicted octanol–water partition coefficient (Wildman–Crippen LogP) is 6.08. The fourth-order valence-electron chi connectivity index (χ4n) is 5.53. The fourth-order valence-corrected chi connectivity index (χ4v) is 6.34. The number of fused-ring (bicyclic) bond motifs is 2. The lowest BCUT2D eigenvalue weighted by Gasteiger charge is -2.36. The molecule has 1 N–H and O–H groups in total. The molecule has 0 aliphatic carbocycles. The molecule has 1 aliphatic rings. The number of ether oxygens (including phenoxy) is 2. The van der Waals surface area contributed by atoms with E-state index in [0.717, 1.165) is 56.5 Å². The van der Waals surface area contributed by atoms with Crippen LogP contribution in [-0.2, 0) is 18.0 Å². The van der Waals surface area contributed by atoms with Gasteiger partial charge in [-0.2, -0.15) is 0 Å². The van der Waals surface area contributed by atoms with E-state index in [4.69, 9.17) is 9.47 Å². The number of carbonyl (C=O) groups is 1. The molecule has 5 aromatic rings. The van der Waals surface area contributed by atoms with E-state index in [0.29, 0.717) is 24.4 Å². The minimum absolute atomic E-state index is 0.185. The van der Waals surface area contributed by atoms with Crippen LogP contribution in [0.5, 0.6) is 5.75 Å². The number of pyridine rings is 1. The molecule has 0 bridgehead atoms.